The molecule has 1 unspecified atom stereocenters. The van der Waals surface area contributed by atoms with Crippen LogP contribution in [0.25, 0.3) is 0 Å². The van der Waals surface area contributed by atoms with Crippen molar-refractivity contribution in [1.29, 1.82) is 0 Å². The summed E-state index contributed by atoms with van der Waals surface area (Å²) >= 11 is 7.05. The number of nitrogens with one attached hydrogen (secondary N) is 1. The van der Waals surface area contributed by atoms with Crippen LogP contribution in [0.15, 0.2) is 36.4 Å². The van der Waals surface area contributed by atoms with E-state index in [2.05, 4.69) is 5.32 Å². The molecule has 1 heterocycles. The maximum Gasteiger partial charge on any atom is 0.221 e. The highest BCUT2D eigenvalue weighted by Crippen LogP contribution is 2.24. The van der Waals surface area contributed by atoms with Gasteiger partial charge in [-0.3, -0.25) is 9.59 Å². The third-order valence-electron chi connectivity index (χ3n) is 2.67. The maximum absolute atomic E-state index is 12.1. The number of halogens is 1. The first-order chi connectivity index (χ1) is 9.95. The average Bonchev–Trinajstić information content (AvgIpc) is 2.86. The predicted molar refractivity (Wildman–Crippen MR) is 84.5 cm³/mol. The van der Waals surface area contributed by atoms with Gasteiger partial charge in [0, 0.05) is 12.6 Å². The first-order valence-electron chi connectivity index (χ1n) is 6.29. The number of hydrogen-bond donors (Lipinski definition) is 1. The van der Waals surface area contributed by atoms with Gasteiger partial charge in [-0.1, -0.05) is 11.6 Å². The number of rotatable bonds is 5. The van der Waals surface area contributed by atoms with Crippen LogP contribution in [0, 0.1) is 0 Å². The second kappa shape index (κ2) is 6.74. The quantitative estimate of drug-likeness (QED) is 0.846. The van der Waals surface area contributed by atoms with E-state index in [1.165, 1.54) is 18.3 Å². The summed E-state index contributed by atoms with van der Waals surface area (Å²) in [6.45, 7) is 3.13. The largest absolute Gasteiger partial charge is 0.483 e. The molecule has 0 spiro atoms. The van der Waals surface area contributed by atoms with Crippen LogP contribution in [0.4, 0.5) is 5.69 Å². The lowest BCUT2D eigenvalue weighted by atomic mass is 10.2. The molecule has 6 heteroatoms. The van der Waals surface area contributed by atoms with Crippen LogP contribution in [-0.4, -0.2) is 17.8 Å². The van der Waals surface area contributed by atoms with Gasteiger partial charge in [0.2, 0.25) is 11.7 Å². The highest BCUT2D eigenvalue weighted by molar-refractivity contribution is 7.18. The molecule has 21 heavy (non-hydrogen) atoms. The Morgan fingerprint density at radius 1 is 1.19 bits per heavy atom. The van der Waals surface area contributed by atoms with Gasteiger partial charge in [0.1, 0.15) is 5.75 Å². The smallest absolute Gasteiger partial charge is 0.221 e. The average molecular weight is 324 g/mol. The van der Waals surface area contributed by atoms with Crippen LogP contribution in [0.1, 0.15) is 23.5 Å². The van der Waals surface area contributed by atoms with Crippen LogP contribution in [0.5, 0.6) is 5.75 Å². The summed E-state index contributed by atoms with van der Waals surface area (Å²) in [5, 5.41) is 2.66. The fourth-order valence-corrected chi connectivity index (χ4v) is 2.79. The van der Waals surface area contributed by atoms with Crippen molar-refractivity contribution in [3.63, 3.8) is 0 Å². The third-order valence-corrected chi connectivity index (χ3v) is 3.92. The highest BCUT2D eigenvalue weighted by Gasteiger charge is 2.18. The lowest BCUT2D eigenvalue weighted by Crippen LogP contribution is -2.23. The predicted octanol–water partition coefficient (Wildman–Crippen LogP) is 4.01. The summed E-state index contributed by atoms with van der Waals surface area (Å²) < 4.78 is 6.18. The van der Waals surface area contributed by atoms with Crippen LogP contribution in [0.2, 0.25) is 4.34 Å². The molecule has 0 aliphatic carbocycles. The number of thiophene rings is 1. The lowest BCUT2D eigenvalue weighted by molar-refractivity contribution is -0.114. The molecule has 2 aromatic rings. The van der Waals surface area contributed by atoms with Crippen molar-refractivity contribution in [3.8, 4) is 5.75 Å². The normalized spacial score (nSPS) is 11.8. The van der Waals surface area contributed by atoms with Gasteiger partial charge in [0.25, 0.3) is 0 Å². The molecule has 0 saturated heterocycles. The minimum atomic E-state index is -0.605. The molecular weight excluding hydrogens is 310 g/mol. The van der Waals surface area contributed by atoms with E-state index in [-0.39, 0.29) is 11.7 Å². The summed E-state index contributed by atoms with van der Waals surface area (Å²) in [6.07, 6.45) is -0.605. The summed E-state index contributed by atoms with van der Waals surface area (Å²) in [5.41, 5.74) is 0.680. The first-order valence-corrected chi connectivity index (χ1v) is 7.49. The monoisotopic (exact) mass is 323 g/mol. The molecule has 1 aromatic carbocycles. The number of benzene rings is 1. The second-order valence-corrected chi connectivity index (χ2v) is 6.15. The Kier molecular flexibility index (Phi) is 4.98. The Labute approximate surface area is 131 Å². The molecule has 0 bridgehead atoms. The zero-order valence-electron chi connectivity index (χ0n) is 11.6. The Bertz CT molecular complexity index is 651. The minimum absolute atomic E-state index is 0.113. The molecule has 4 nitrogen and oxygen atoms in total. The first kappa shape index (κ1) is 15.5. The minimum Gasteiger partial charge on any atom is -0.483 e. The summed E-state index contributed by atoms with van der Waals surface area (Å²) in [7, 11) is 0. The molecule has 0 saturated carbocycles. The van der Waals surface area contributed by atoms with E-state index < -0.39 is 6.10 Å². The number of amides is 1. The molecule has 0 radical (unpaired) electrons. The van der Waals surface area contributed by atoms with Crippen molar-refractivity contribution in [2.75, 3.05) is 5.32 Å². The molecule has 0 fully saturated rings. The number of anilines is 1. The Morgan fingerprint density at radius 2 is 1.86 bits per heavy atom. The van der Waals surface area contributed by atoms with Gasteiger partial charge in [0.15, 0.2) is 6.10 Å². The van der Waals surface area contributed by atoms with Gasteiger partial charge in [-0.05, 0) is 43.3 Å². The molecule has 2 rings (SSSR count). The van der Waals surface area contributed by atoms with Crippen molar-refractivity contribution in [3.05, 3.63) is 45.6 Å². The fourth-order valence-electron chi connectivity index (χ4n) is 1.72. The standard InChI is InChI=1S/C15H14ClNO3S/c1-9(15(19)13-7-8-14(16)21-13)20-12-5-3-11(4-6-12)17-10(2)18/h3-9H,1-2H3,(H,17,18). The van der Waals surface area contributed by atoms with Crippen molar-refractivity contribution in [2.45, 2.75) is 20.0 Å². The van der Waals surface area contributed by atoms with E-state index in [1.807, 2.05) is 0 Å². The Hall–Kier alpha value is -1.85. The van der Waals surface area contributed by atoms with Crippen LogP contribution < -0.4 is 10.1 Å². The molecule has 1 aromatic heterocycles. The summed E-state index contributed by atoms with van der Waals surface area (Å²) in [5.74, 6) is 0.312. The number of ether oxygens (including phenoxy) is 1. The van der Waals surface area contributed by atoms with Gasteiger partial charge < -0.3 is 10.1 Å². The molecule has 1 amide bonds. The maximum atomic E-state index is 12.1. The molecule has 0 aliphatic rings. The van der Waals surface area contributed by atoms with Gasteiger partial charge in [0.05, 0.1) is 9.21 Å². The summed E-state index contributed by atoms with van der Waals surface area (Å²) in [6, 6.07) is 10.2. The van der Waals surface area contributed by atoms with E-state index in [1.54, 1.807) is 43.3 Å². The van der Waals surface area contributed by atoms with E-state index in [9.17, 15) is 9.59 Å². The summed E-state index contributed by atoms with van der Waals surface area (Å²) in [4.78, 5) is 23.6. The van der Waals surface area contributed by atoms with Gasteiger partial charge in [-0.25, -0.2) is 0 Å². The number of carbonyl (C=O) groups is 2. The number of hydrogen-bond acceptors (Lipinski definition) is 4. The zero-order valence-corrected chi connectivity index (χ0v) is 13.1. The SMILES string of the molecule is CC(=O)Nc1ccc(OC(C)C(=O)c2ccc(Cl)s2)cc1. The molecule has 110 valence electrons. The van der Waals surface area contributed by atoms with E-state index in [0.29, 0.717) is 20.7 Å². The molecule has 1 N–H and O–H groups in total. The van der Waals surface area contributed by atoms with Gasteiger partial charge in [-0.2, -0.15) is 0 Å². The molecular formula is C15H14ClNO3S. The van der Waals surface area contributed by atoms with Crippen LogP contribution >= 0.6 is 22.9 Å². The number of carbonyl (C=O) groups excluding carboxylic acids is 2. The Morgan fingerprint density at radius 3 is 2.38 bits per heavy atom. The van der Waals surface area contributed by atoms with E-state index >= 15 is 0 Å². The van der Waals surface area contributed by atoms with E-state index in [4.69, 9.17) is 16.3 Å². The van der Waals surface area contributed by atoms with Crippen molar-refractivity contribution < 1.29 is 14.3 Å². The van der Waals surface area contributed by atoms with Crippen molar-refractivity contribution in [1.82, 2.24) is 0 Å². The van der Waals surface area contributed by atoms with Gasteiger partial charge in [-0.15, -0.1) is 11.3 Å². The number of ketones is 1. The molecule has 0 aliphatic heterocycles. The third kappa shape index (κ3) is 4.31. The van der Waals surface area contributed by atoms with Gasteiger partial charge >= 0.3 is 0 Å². The molecule has 1 atom stereocenters. The zero-order chi connectivity index (χ0) is 15.4. The Balaban J connectivity index is 2.00. The fraction of sp³-hybridized carbons (Fsp3) is 0.200. The van der Waals surface area contributed by atoms with E-state index in [0.717, 1.165) is 0 Å². The highest BCUT2D eigenvalue weighted by atomic mass is 35.5. The van der Waals surface area contributed by atoms with Crippen LogP contribution in [-0.2, 0) is 4.79 Å². The van der Waals surface area contributed by atoms with Crippen molar-refractivity contribution in [2.24, 2.45) is 0 Å². The van der Waals surface area contributed by atoms with Crippen LogP contribution in [0.3, 0.4) is 0 Å². The van der Waals surface area contributed by atoms with Crippen molar-refractivity contribution >= 4 is 40.3 Å². The lowest BCUT2D eigenvalue weighted by Gasteiger charge is -2.13. The second-order valence-electron chi connectivity index (χ2n) is 4.43. The topological polar surface area (TPSA) is 55.4 Å². The number of Topliss-reactive ketones (excluding diaryl/α,β-unsaturated/α-hetero) is 1.